The Hall–Kier alpha value is -2.07. The number of amides is 1. The molecule has 1 amide bonds. The van der Waals surface area contributed by atoms with Gasteiger partial charge in [-0.05, 0) is 54.5 Å². The van der Waals surface area contributed by atoms with Gasteiger partial charge >= 0.3 is 0 Å². The molecule has 0 spiro atoms. The van der Waals surface area contributed by atoms with Crippen LogP contribution in [0.3, 0.4) is 0 Å². The molecule has 0 aliphatic heterocycles. The number of aromatic nitrogens is 1. The number of pyridine rings is 1. The van der Waals surface area contributed by atoms with Gasteiger partial charge < -0.3 is 5.32 Å². The fraction of sp³-hybridized carbons (Fsp3) is 0.300. The third kappa shape index (κ3) is 4.96. The van der Waals surface area contributed by atoms with E-state index in [1.54, 1.807) is 24.0 Å². The summed E-state index contributed by atoms with van der Waals surface area (Å²) in [6.07, 6.45) is 7.24. The molecule has 2 rings (SSSR count). The number of nitrogens with one attached hydrogen (secondary N) is 1. The lowest BCUT2D eigenvalue weighted by Crippen LogP contribution is -2.31. The van der Waals surface area contributed by atoms with Crippen LogP contribution in [0.5, 0.6) is 0 Å². The van der Waals surface area contributed by atoms with Crippen LogP contribution >= 0.6 is 11.8 Å². The van der Waals surface area contributed by atoms with Crippen molar-refractivity contribution in [2.45, 2.75) is 31.7 Å². The van der Waals surface area contributed by atoms with Crippen molar-refractivity contribution in [1.82, 2.24) is 10.3 Å². The molecule has 1 unspecified atom stereocenters. The fourth-order valence-corrected chi connectivity index (χ4v) is 2.87. The first kappa shape index (κ1) is 18.3. The first-order valence-corrected chi connectivity index (χ1v) is 9.28. The molecule has 0 aliphatic rings. The van der Waals surface area contributed by atoms with Crippen LogP contribution in [-0.4, -0.2) is 17.1 Å². The number of hydrogen-bond donors (Lipinski definition) is 1. The fourth-order valence-electron chi connectivity index (χ4n) is 2.46. The highest BCUT2D eigenvalue weighted by Crippen LogP contribution is 2.22. The van der Waals surface area contributed by atoms with Gasteiger partial charge in [0, 0.05) is 17.2 Å². The Labute approximate surface area is 148 Å². The lowest BCUT2D eigenvalue weighted by atomic mass is 9.97. The highest BCUT2D eigenvalue weighted by atomic mass is 32.2. The van der Waals surface area contributed by atoms with E-state index >= 15 is 0 Å². The minimum atomic E-state index is -0.104. The minimum absolute atomic E-state index is 0.0952. The summed E-state index contributed by atoms with van der Waals surface area (Å²) in [5.41, 5.74) is 3.03. The van der Waals surface area contributed by atoms with Gasteiger partial charge in [-0.1, -0.05) is 32.0 Å². The normalized spacial score (nSPS) is 12.5. The Bertz CT molecular complexity index is 708. The third-order valence-electron chi connectivity index (χ3n) is 3.85. The number of aryl methyl sites for hydroxylation is 1. The van der Waals surface area contributed by atoms with E-state index in [-0.39, 0.29) is 17.9 Å². The van der Waals surface area contributed by atoms with Crippen LogP contribution in [0, 0.1) is 12.8 Å². The van der Waals surface area contributed by atoms with Crippen LogP contribution in [0.2, 0.25) is 0 Å². The largest absolute Gasteiger partial charge is 0.344 e. The average molecular weight is 340 g/mol. The van der Waals surface area contributed by atoms with E-state index in [2.05, 4.69) is 36.3 Å². The number of rotatable bonds is 6. The smallest absolute Gasteiger partial charge is 0.244 e. The molecule has 0 aliphatic carbocycles. The van der Waals surface area contributed by atoms with E-state index < -0.39 is 0 Å². The number of carbonyl (C=O) groups is 1. The van der Waals surface area contributed by atoms with Crippen LogP contribution in [0.1, 0.15) is 36.7 Å². The predicted octanol–water partition coefficient (Wildman–Crippen LogP) is 4.64. The van der Waals surface area contributed by atoms with Crippen molar-refractivity contribution in [1.29, 1.82) is 0 Å². The summed E-state index contributed by atoms with van der Waals surface area (Å²) in [4.78, 5) is 18.0. The predicted molar refractivity (Wildman–Crippen MR) is 102 cm³/mol. The number of benzene rings is 1. The van der Waals surface area contributed by atoms with Crippen LogP contribution in [0.25, 0.3) is 6.08 Å². The maximum atomic E-state index is 12.3. The van der Waals surface area contributed by atoms with E-state index in [1.807, 2.05) is 43.5 Å². The molecular weight excluding hydrogens is 316 g/mol. The van der Waals surface area contributed by atoms with E-state index in [9.17, 15) is 4.79 Å². The van der Waals surface area contributed by atoms with E-state index in [0.29, 0.717) is 0 Å². The SMILES string of the molecule is CSc1ccc(/C=C/C(=O)NC(c2ncccc2C)C(C)C)cc1. The van der Waals surface area contributed by atoms with Gasteiger partial charge in [0.15, 0.2) is 0 Å². The molecule has 0 bridgehead atoms. The van der Waals surface area contributed by atoms with Gasteiger partial charge in [-0.3, -0.25) is 9.78 Å². The maximum Gasteiger partial charge on any atom is 0.244 e. The number of hydrogen-bond acceptors (Lipinski definition) is 3. The summed E-state index contributed by atoms with van der Waals surface area (Å²) >= 11 is 1.70. The topological polar surface area (TPSA) is 42.0 Å². The second kappa shape index (κ2) is 8.69. The number of carbonyl (C=O) groups excluding carboxylic acids is 1. The van der Waals surface area contributed by atoms with E-state index in [1.165, 1.54) is 4.90 Å². The molecule has 2 aromatic rings. The van der Waals surface area contributed by atoms with Gasteiger partial charge in [-0.25, -0.2) is 0 Å². The summed E-state index contributed by atoms with van der Waals surface area (Å²) in [6.45, 7) is 6.20. The van der Waals surface area contributed by atoms with E-state index in [0.717, 1.165) is 16.8 Å². The van der Waals surface area contributed by atoms with Gasteiger partial charge in [0.2, 0.25) is 5.91 Å². The van der Waals surface area contributed by atoms with Crippen LogP contribution in [0.4, 0.5) is 0 Å². The molecule has 1 aromatic heterocycles. The Balaban J connectivity index is 2.08. The minimum Gasteiger partial charge on any atom is -0.344 e. The molecule has 0 saturated heterocycles. The Morgan fingerprint density at radius 1 is 1.21 bits per heavy atom. The monoisotopic (exact) mass is 340 g/mol. The lowest BCUT2D eigenvalue weighted by molar-refractivity contribution is -0.117. The summed E-state index contributed by atoms with van der Waals surface area (Å²) in [7, 11) is 0. The molecule has 0 saturated carbocycles. The third-order valence-corrected chi connectivity index (χ3v) is 4.60. The molecule has 1 atom stereocenters. The molecule has 4 heteroatoms. The second-order valence-corrected chi connectivity index (χ2v) is 6.92. The van der Waals surface area contributed by atoms with Gasteiger partial charge in [-0.15, -0.1) is 11.8 Å². The lowest BCUT2D eigenvalue weighted by Gasteiger charge is -2.22. The molecule has 1 aromatic carbocycles. The molecule has 3 nitrogen and oxygen atoms in total. The standard InChI is InChI=1S/C20H24N2OS/c1-14(2)19(20-15(3)6-5-13-21-20)22-18(23)12-9-16-7-10-17(24-4)11-8-16/h5-14,19H,1-4H3,(H,22,23)/b12-9+. The number of nitrogens with zero attached hydrogens (tertiary/aromatic N) is 1. The molecule has 126 valence electrons. The van der Waals surface area contributed by atoms with Crippen molar-refractivity contribution in [3.63, 3.8) is 0 Å². The van der Waals surface area contributed by atoms with Crippen molar-refractivity contribution in [2.24, 2.45) is 5.92 Å². The van der Waals surface area contributed by atoms with Crippen molar-refractivity contribution in [2.75, 3.05) is 6.26 Å². The molecule has 1 N–H and O–H groups in total. The quantitative estimate of drug-likeness (QED) is 0.615. The van der Waals surface area contributed by atoms with Crippen LogP contribution in [-0.2, 0) is 4.79 Å². The first-order valence-electron chi connectivity index (χ1n) is 8.05. The molecular formula is C20H24N2OS. The van der Waals surface area contributed by atoms with Crippen molar-refractivity contribution in [3.05, 3.63) is 65.5 Å². The summed E-state index contributed by atoms with van der Waals surface area (Å²) in [5.74, 6) is 0.157. The van der Waals surface area contributed by atoms with Gasteiger partial charge in [0.25, 0.3) is 0 Å². The van der Waals surface area contributed by atoms with Gasteiger partial charge in [0.1, 0.15) is 0 Å². The zero-order valence-electron chi connectivity index (χ0n) is 14.6. The summed E-state index contributed by atoms with van der Waals surface area (Å²) in [5, 5.41) is 3.07. The van der Waals surface area contributed by atoms with Crippen molar-refractivity contribution >= 4 is 23.7 Å². The highest BCUT2D eigenvalue weighted by Gasteiger charge is 2.20. The summed E-state index contributed by atoms with van der Waals surface area (Å²) in [6, 6.07) is 12.0. The van der Waals surface area contributed by atoms with Crippen LogP contribution in [0.15, 0.2) is 53.6 Å². The highest BCUT2D eigenvalue weighted by molar-refractivity contribution is 7.98. The second-order valence-electron chi connectivity index (χ2n) is 6.04. The number of thioether (sulfide) groups is 1. The zero-order chi connectivity index (χ0) is 17.5. The zero-order valence-corrected chi connectivity index (χ0v) is 15.4. The molecule has 0 radical (unpaired) electrons. The average Bonchev–Trinajstić information content (AvgIpc) is 2.59. The van der Waals surface area contributed by atoms with Crippen molar-refractivity contribution in [3.8, 4) is 0 Å². The Kier molecular flexibility index (Phi) is 6.62. The Morgan fingerprint density at radius 2 is 1.92 bits per heavy atom. The molecule has 0 fully saturated rings. The molecule has 1 heterocycles. The van der Waals surface area contributed by atoms with Gasteiger partial charge in [-0.2, -0.15) is 0 Å². The Morgan fingerprint density at radius 3 is 2.50 bits per heavy atom. The molecule has 24 heavy (non-hydrogen) atoms. The van der Waals surface area contributed by atoms with Crippen molar-refractivity contribution < 1.29 is 4.79 Å². The van der Waals surface area contributed by atoms with E-state index in [4.69, 9.17) is 0 Å². The maximum absolute atomic E-state index is 12.3. The van der Waals surface area contributed by atoms with Gasteiger partial charge in [0.05, 0.1) is 11.7 Å². The first-order chi connectivity index (χ1) is 11.5. The summed E-state index contributed by atoms with van der Waals surface area (Å²) < 4.78 is 0. The van der Waals surface area contributed by atoms with Crippen LogP contribution < -0.4 is 5.32 Å².